The van der Waals surface area contributed by atoms with E-state index in [-0.39, 0.29) is 5.78 Å². The average molecular weight is 423 g/mol. The SMILES string of the molecule is CC/C=C\C=C/c1ccc(Oc2ccc(C(=O)c3cc(Cl)ccc3Cl)cc2)cc1. The summed E-state index contributed by atoms with van der Waals surface area (Å²) in [4.78, 5) is 12.7. The molecule has 0 atom stereocenters. The number of ketones is 1. The lowest BCUT2D eigenvalue weighted by molar-refractivity contribution is 0.103. The number of allylic oxidation sites excluding steroid dienone is 3. The Morgan fingerprint density at radius 3 is 2.21 bits per heavy atom. The van der Waals surface area contributed by atoms with Crippen LogP contribution < -0.4 is 4.74 Å². The molecule has 0 bridgehead atoms. The minimum Gasteiger partial charge on any atom is -0.457 e. The van der Waals surface area contributed by atoms with E-state index in [1.165, 1.54) is 0 Å². The molecular weight excluding hydrogens is 403 g/mol. The number of benzene rings is 3. The maximum atomic E-state index is 12.7. The lowest BCUT2D eigenvalue weighted by Gasteiger charge is -2.08. The van der Waals surface area contributed by atoms with Crippen molar-refractivity contribution in [3.05, 3.63) is 112 Å². The zero-order valence-corrected chi connectivity index (χ0v) is 17.5. The number of carbonyl (C=O) groups is 1. The molecule has 0 amide bonds. The van der Waals surface area contributed by atoms with Gasteiger partial charge in [0.25, 0.3) is 0 Å². The van der Waals surface area contributed by atoms with Crippen LogP contribution in [0, 0.1) is 0 Å². The molecule has 0 aromatic heterocycles. The summed E-state index contributed by atoms with van der Waals surface area (Å²) in [5.74, 6) is 1.19. The monoisotopic (exact) mass is 422 g/mol. The molecule has 3 rings (SSSR count). The molecule has 29 heavy (non-hydrogen) atoms. The molecule has 146 valence electrons. The Morgan fingerprint density at radius 1 is 0.897 bits per heavy atom. The second-order valence-corrected chi connectivity index (χ2v) is 7.19. The topological polar surface area (TPSA) is 26.3 Å². The molecule has 0 heterocycles. The van der Waals surface area contributed by atoms with E-state index in [0.29, 0.717) is 26.9 Å². The van der Waals surface area contributed by atoms with E-state index < -0.39 is 0 Å². The molecule has 3 aromatic rings. The van der Waals surface area contributed by atoms with Crippen LogP contribution in [0.25, 0.3) is 6.08 Å². The Kier molecular flexibility index (Phi) is 7.29. The van der Waals surface area contributed by atoms with Crippen LogP contribution in [-0.4, -0.2) is 5.78 Å². The first kappa shape index (κ1) is 20.9. The van der Waals surface area contributed by atoms with Gasteiger partial charge >= 0.3 is 0 Å². The van der Waals surface area contributed by atoms with Gasteiger partial charge < -0.3 is 4.74 Å². The molecule has 3 aromatic carbocycles. The van der Waals surface area contributed by atoms with Crippen LogP contribution >= 0.6 is 23.2 Å². The predicted octanol–water partition coefficient (Wildman–Crippen LogP) is 8.00. The number of carbonyl (C=O) groups excluding carboxylic acids is 1. The summed E-state index contributed by atoms with van der Waals surface area (Å²) in [7, 11) is 0. The van der Waals surface area contributed by atoms with Gasteiger partial charge in [-0.1, -0.05) is 66.6 Å². The van der Waals surface area contributed by atoms with Crippen LogP contribution in [0.1, 0.15) is 34.8 Å². The minimum atomic E-state index is -0.183. The molecule has 2 nitrogen and oxygen atoms in total. The second kappa shape index (κ2) is 10.1. The van der Waals surface area contributed by atoms with Crippen LogP contribution in [0.3, 0.4) is 0 Å². The van der Waals surface area contributed by atoms with Gasteiger partial charge in [-0.05, 0) is 66.6 Å². The fourth-order valence-electron chi connectivity index (χ4n) is 2.67. The number of ether oxygens (including phenoxy) is 1. The summed E-state index contributed by atoms with van der Waals surface area (Å²) in [6.07, 6.45) is 9.21. The third-order valence-electron chi connectivity index (χ3n) is 4.18. The number of hydrogen-bond acceptors (Lipinski definition) is 2. The van der Waals surface area contributed by atoms with Gasteiger partial charge in [0.05, 0.1) is 5.02 Å². The van der Waals surface area contributed by atoms with Crippen LogP contribution in [-0.2, 0) is 0 Å². The van der Waals surface area contributed by atoms with Gasteiger partial charge in [0.2, 0.25) is 0 Å². The van der Waals surface area contributed by atoms with Crippen LogP contribution in [0.15, 0.2) is 85.0 Å². The van der Waals surface area contributed by atoms with Gasteiger partial charge in [0.15, 0.2) is 5.78 Å². The lowest BCUT2D eigenvalue weighted by Crippen LogP contribution is -2.02. The van der Waals surface area contributed by atoms with E-state index in [1.54, 1.807) is 42.5 Å². The number of hydrogen-bond donors (Lipinski definition) is 0. The normalized spacial score (nSPS) is 11.3. The predicted molar refractivity (Wildman–Crippen MR) is 121 cm³/mol. The van der Waals surface area contributed by atoms with Crippen molar-refractivity contribution in [2.45, 2.75) is 13.3 Å². The molecule has 0 fully saturated rings. The van der Waals surface area contributed by atoms with Crippen molar-refractivity contribution in [2.24, 2.45) is 0 Å². The Balaban J connectivity index is 1.67. The summed E-state index contributed by atoms with van der Waals surface area (Å²) in [6, 6.07) is 19.6. The van der Waals surface area contributed by atoms with Gasteiger partial charge in [-0.2, -0.15) is 0 Å². The maximum Gasteiger partial charge on any atom is 0.194 e. The van der Waals surface area contributed by atoms with Crippen molar-refractivity contribution in [1.82, 2.24) is 0 Å². The highest BCUT2D eigenvalue weighted by Crippen LogP contribution is 2.26. The second-order valence-electron chi connectivity index (χ2n) is 6.34. The Morgan fingerprint density at radius 2 is 1.55 bits per heavy atom. The van der Waals surface area contributed by atoms with Crippen LogP contribution in [0.5, 0.6) is 11.5 Å². The summed E-state index contributed by atoms with van der Waals surface area (Å²) >= 11 is 12.1. The van der Waals surface area contributed by atoms with E-state index >= 15 is 0 Å². The van der Waals surface area contributed by atoms with E-state index in [4.69, 9.17) is 27.9 Å². The first-order valence-corrected chi connectivity index (χ1v) is 10.0. The summed E-state index contributed by atoms with van der Waals surface area (Å²) in [5, 5.41) is 0.844. The van der Waals surface area contributed by atoms with Crippen LogP contribution in [0.4, 0.5) is 0 Å². The smallest absolute Gasteiger partial charge is 0.194 e. The van der Waals surface area contributed by atoms with Crippen molar-refractivity contribution in [3.63, 3.8) is 0 Å². The van der Waals surface area contributed by atoms with Crippen molar-refractivity contribution >= 4 is 35.1 Å². The molecule has 4 heteroatoms. The lowest BCUT2D eigenvalue weighted by atomic mass is 10.0. The van der Waals surface area contributed by atoms with Crippen LogP contribution in [0.2, 0.25) is 10.0 Å². The molecule has 0 aliphatic carbocycles. The van der Waals surface area contributed by atoms with Gasteiger partial charge in [0, 0.05) is 16.1 Å². The third kappa shape index (κ3) is 5.83. The van der Waals surface area contributed by atoms with E-state index in [0.717, 1.165) is 17.7 Å². The quantitative estimate of drug-likeness (QED) is 0.284. The molecule has 0 saturated carbocycles. The summed E-state index contributed by atoms with van der Waals surface area (Å²) in [6.45, 7) is 2.10. The minimum absolute atomic E-state index is 0.183. The number of rotatable bonds is 7. The summed E-state index contributed by atoms with van der Waals surface area (Å²) in [5.41, 5.74) is 1.99. The van der Waals surface area contributed by atoms with Crippen molar-refractivity contribution in [2.75, 3.05) is 0 Å². The first-order valence-electron chi connectivity index (χ1n) is 9.28. The van der Waals surface area contributed by atoms with E-state index in [1.807, 2.05) is 42.5 Å². The van der Waals surface area contributed by atoms with Gasteiger partial charge in [-0.25, -0.2) is 0 Å². The standard InChI is InChI=1S/C25H20Cl2O2/c1-2-3-4-5-6-18-7-12-21(13-8-18)29-22-14-9-19(10-15-22)25(28)23-17-20(26)11-16-24(23)27/h3-17H,2H2,1H3/b4-3-,6-5-. The molecule has 0 aliphatic heterocycles. The largest absolute Gasteiger partial charge is 0.457 e. The van der Waals surface area contributed by atoms with Crippen molar-refractivity contribution in [1.29, 1.82) is 0 Å². The van der Waals surface area contributed by atoms with Crippen molar-refractivity contribution in [3.8, 4) is 11.5 Å². The van der Waals surface area contributed by atoms with Gasteiger partial charge in [-0.15, -0.1) is 0 Å². The van der Waals surface area contributed by atoms with Crippen molar-refractivity contribution < 1.29 is 9.53 Å². The highest BCUT2D eigenvalue weighted by molar-refractivity contribution is 6.36. The molecule has 0 N–H and O–H groups in total. The molecular formula is C25H20Cl2O2. The first-order chi connectivity index (χ1) is 14.1. The average Bonchev–Trinajstić information content (AvgIpc) is 2.74. The highest BCUT2D eigenvalue weighted by Gasteiger charge is 2.13. The molecule has 0 radical (unpaired) electrons. The molecule has 0 saturated heterocycles. The molecule has 0 aliphatic rings. The number of halogens is 2. The van der Waals surface area contributed by atoms with Gasteiger partial charge in [0.1, 0.15) is 11.5 Å². The highest BCUT2D eigenvalue weighted by atomic mass is 35.5. The molecule has 0 spiro atoms. The zero-order valence-electron chi connectivity index (χ0n) is 15.9. The molecule has 0 unspecified atom stereocenters. The van der Waals surface area contributed by atoms with E-state index in [9.17, 15) is 4.79 Å². The fourth-order valence-corrected chi connectivity index (χ4v) is 3.04. The summed E-state index contributed by atoms with van der Waals surface area (Å²) < 4.78 is 5.86. The third-order valence-corrected chi connectivity index (χ3v) is 4.74. The Hall–Kier alpha value is -2.81. The maximum absolute atomic E-state index is 12.7. The zero-order chi connectivity index (χ0) is 20.6. The fraction of sp³-hybridized carbons (Fsp3) is 0.0800. The Bertz CT molecular complexity index is 1030. The Labute approximate surface area is 181 Å². The van der Waals surface area contributed by atoms with Gasteiger partial charge in [-0.3, -0.25) is 4.79 Å². The van der Waals surface area contributed by atoms with E-state index in [2.05, 4.69) is 13.0 Å².